The summed E-state index contributed by atoms with van der Waals surface area (Å²) in [5.74, 6) is 1.82. The molecule has 33 heavy (non-hydrogen) atoms. The minimum Gasteiger partial charge on any atom is -0.494 e. The summed E-state index contributed by atoms with van der Waals surface area (Å²) in [5.41, 5.74) is 5.48. The topological polar surface area (TPSA) is 69.5 Å². The average molecular weight is 447 g/mol. The van der Waals surface area contributed by atoms with E-state index < -0.39 is 0 Å². The number of methoxy groups -OCH3 is 1. The van der Waals surface area contributed by atoms with E-state index >= 15 is 0 Å². The van der Waals surface area contributed by atoms with Crippen LogP contribution in [-0.2, 0) is 12.0 Å². The van der Waals surface area contributed by atoms with E-state index in [1.807, 2.05) is 17.0 Å². The van der Waals surface area contributed by atoms with Crippen molar-refractivity contribution in [1.82, 2.24) is 9.88 Å². The van der Waals surface area contributed by atoms with Gasteiger partial charge in [-0.3, -0.25) is 10.2 Å². The van der Waals surface area contributed by atoms with Crippen LogP contribution in [0.1, 0.15) is 85.2 Å². The normalized spacial score (nSPS) is 18.1. The Balaban J connectivity index is 1.43. The van der Waals surface area contributed by atoms with Crippen molar-refractivity contribution in [3.63, 3.8) is 0 Å². The quantitative estimate of drug-likeness (QED) is 0.640. The van der Waals surface area contributed by atoms with Gasteiger partial charge in [0.05, 0.1) is 19.3 Å². The van der Waals surface area contributed by atoms with Gasteiger partial charge in [0.1, 0.15) is 17.3 Å². The second-order valence-electron chi connectivity index (χ2n) is 10.7. The lowest BCUT2D eigenvalue weighted by Crippen LogP contribution is -2.31. The number of benzene rings is 1. The fraction of sp³-hybridized carbons (Fsp3) is 0.519. The Labute approximate surface area is 196 Å². The van der Waals surface area contributed by atoms with E-state index in [2.05, 4.69) is 37.8 Å². The van der Waals surface area contributed by atoms with Gasteiger partial charge in [-0.15, -0.1) is 0 Å². The van der Waals surface area contributed by atoms with E-state index in [9.17, 15) is 4.79 Å². The molecule has 3 aliphatic rings. The number of ketones is 1. The summed E-state index contributed by atoms with van der Waals surface area (Å²) in [6.07, 6.45) is 4.69. The van der Waals surface area contributed by atoms with Crippen molar-refractivity contribution < 1.29 is 9.53 Å². The first-order valence-corrected chi connectivity index (χ1v) is 12.1. The summed E-state index contributed by atoms with van der Waals surface area (Å²) in [4.78, 5) is 22.5. The monoisotopic (exact) mass is 446 g/mol. The number of pyridine rings is 1. The average Bonchev–Trinajstić information content (AvgIpc) is 3.40. The van der Waals surface area contributed by atoms with Gasteiger partial charge in [0, 0.05) is 47.9 Å². The number of carbonyl (C=O) groups is 1. The number of fused-ring (bicyclic) bond motifs is 1. The van der Waals surface area contributed by atoms with Gasteiger partial charge in [-0.2, -0.15) is 0 Å². The molecular formula is C27H34N4O2. The zero-order valence-electron chi connectivity index (χ0n) is 20.2. The third kappa shape index (κ3) is 4.11. The van der Waals surface area contributed by atoms with Crippen LogP contribution in [-0.4, -0.2) is 48.2 Å². The fourth-order valence-corrected chi connectivity index (χ4v) is 5.02. The number of hydrogen-bond acceptors (Lipinski definition) is 5. The van der Waals surface area contributed by atoms with E-state index in [0.717, 1.165) is 59.9 Å². The first kappa shape index (κ1) is 21.9. The Morgan fingerprint density at radius 1 is 1.18 bits per heavy atom. The van der Waals surface area contributed by atoms with E-state index in [-0.39, 0.29) is 17.7 Å². The third-order valence-electron chi connectivity index (χ3n) is 7.08. The smallest absolute Gasteiger partial charge is 0.182 e. The largest absolute Gasteiger partial charge is 0.494 e. The van der Waals surface area contributed by atoms with E-state index in [1.165, 1.54) is 12.8 Å². The molecule has 6 heteroatoms. The van der Waals surface area contributed by atoms with Crippen LogP contribution in [0.4, 0.5) is 5.69 Å². The van der Waals surface area contributed by atoms with Crippen LogP contribution in [0.5, 0.6) is 5.75 Å². The third-order valence-corrected chi connectivity index (χ3v) is 7.08. The van der Waals surface area contributed by atoms with Crippen molar-refractivity contribution in [3.05, 3.63) is 52.3 Å². The molecule has 2 fully saturated rings. The van der Waals surface area contributed by atoms with Crippen molar-refractivity contribution in [2.45, 2.75) is 64.3 Å². The lowest BCUT2D eigenvalue weighted by atomic mass is 9.84. The van der Waals surface area contributed by atoms with Gasteiger partial charge in [0.2, 0.25) is 0 Å². The van der Waals surface area contributed by atoms with Gasteiger partial charge in [0.25, 0.3) is 0 Å². The zero-order chi connectivity index (χ0) is 23.3. The first-order chi connectivity index (χ1) is 15.8. The number of ether oxygens (including phenoxy) is 1. The van der Waals surface area contributed by atoms with Crippen LogP contribution in [0, 0.1) is 5.41 Å². The molecule has 3 heterocycles. The second-order valence-corrected chi connectivity index (χ2v) is 10.7. The number of nitrogens with one attached hydrogen (secondary N) is 1. The molecule has 1 aliphatic carbocycles. The van der Waals surface area contributed by atoms with E-state index in [0.29, 0.717) is 23.9 Å². The molecule has 0 atom stereocenters. The Kier molecular flexibility index (Phi) is 5.42. The minimum absolute atomic E-state index is 0.0311. The van der Waals surface area contributed by atoms with Crippen LogP contribution in [0.3, 0.4) is 0 Å². The lowest BCUT2D eigenvalue weighted by molar-refractivity contribution is 0.0962. The molecule has 1 saturated heterocycles. The molecule has 5 rings (SSSR count). The van der Waals surface area contributed by atoms with E-state index in [4.69, 9.17) is 15.1 Å². The molecule has 1 aromatic carbocycles. The number of nitrogens with zero attached hydrogens (tertiary/aromatic N) is 3. The molecule has 0 amide bonds. The van der Waals surface area contributed by atoms with Crippen LogP contribution < -0.4 is 9.64 Å². The molecule has 1 N–H and O–H groups in total. The summed E-state index contributed by atoms with van der Waals surface area (Å²) in [5, 5.41) is 8.67. The highest BCUT2D eigenvalue weighted by atomic mass is 16.5. The van der Waals surface area contributed by atoms with Gasteiger partial charge in [-0.25, -0.2) is 4.98 Å². The summed E-state index contributed by atoms with van der Waals surface area (Å²) >= 11 is 0. The molecule has 2 aliphatic heterocycles. The number of amidine groups is 1. The van der Waals surface area contributed by atoms with Crippen molar-refractivity contribution in [2.24, 2.45) is 0 Å². The molecule has 1 saturated carbocycles. The van der Waals surface area contributed by atoms with Crippen LogP contribution >= 0.6 is 0 Å². The van der Waals surface area contributed by atoms with Gasteiger partial charge in [-0.05, 0) is 49.3 Å². The molecule has 1 aromatic heterocycles. The molecular weight excluding hydrogens is 412 g/mol. The molecule has 0 spiro atoms. The highest BCUT2D eigenvalue weighted by Crippen LogP contribution is 2.42. The van der Waals surface area contributed by atoms with Gasteiger partial charge in [-0.1, -0.05) is 26.8 Å². The number of rotatable bonds is 6. The maximum Gasteiger partial charge on any atom is 0.182 e. The van der Waals surface area contributed by atoms with Crippen LogP contribution in [0.2, 0.25) is 0 Å². The summed E-state index contributed by atoms with van der Waals surface area (Å²) in [7, 11) is 1.72. The Morgan fingerprint density at radius 2 is 1.91 bits per heavy atom. The van der Waals surface area contributed by atoms with Gasteiger partial charge >= 0.3 is 0 Å². The number of aromatic nitrogens is 1. The van der Waals surface area contributed by atoms with Crippen molar-refractivity contribution >= 4 is 17.3 Å². The van der Waals surface area contributed by atoms with Crippen LogP contribution in [0.25, 0.3) is 0 Å². The molecule has 0 bridgehead atoms. The lowest BCUT2D eigenvalue weighted by Gasteiger charge is -2.29. The SMILES string of the molecule is COc1c(N2CCCC2)cc(C(=O)CN2Cc3ccc(C4CC4)nc3C2=N)cc1C(C)(C)C. The summed E-state index contributed by atoms with van der Waals surface area (Å²) in [6.45, 7) is 9.19. The highest BCUT2D eigenvalue weighted by molar-refractivity contribution is 6.05. The predicted octanol–water partition coefficient (Wildman–Crippen LogP) is 4.89. The summed E-state index contributed by atoms with van der Waals surface area (Å²) in [6, 6.07) is 8.18. The Hall–Kier alpha value is -2.89. The van der Waals surface area contributed by atoms with E-state index in [1.54, 1.807) is 7.11 Å². The predicted molar refractivity (Wildman–Crippen MR) is 131 cm³/mol. The molecule has 0 unspecified atom stereocenters. The number of hydrogen-bond donors (Lipinski definition) is 1. The second kappa shape index (κ2) is 8.15. The maximum absolute atomic E-state index is 13.5. The molecule has 6 nitrogen and oxygen atoms in total. The molecule has 2 aromatic rings. The van der Waals surface area contributed by atoms with Crippen molar-refractivity contribution in [3.8, 4) is 5.75 Å². The highest BCUT2D eigenvalue weighted by Gasteiger charge is 2.32. The zero-order valence-corrected chi connectivity index (χ0v) is 20.2. The van der Waals surface area contributed by atoms with Gasteiger partial charge in [0.15, 0.2) is 5.78 Å². The number of carbonyl (C=O) groups excluding carboxylic acids is 1. The van der Waals surface area contributed by atoms with Crippen molar-refractivity contribution in [1.29, 1.82) is 5.41 Å². The standard InChI is InChI=1S/C27H34N4O2/c1-27(2,3)20-13-19(14-22(25(20)33-4)30-11-5-6-12-30)23(32)16-31-15-18-9-10-21(17-7-8-17)29-24(18)26(31)28/h9-10,13-14,17,28H,5-8,11-12,15-16H2,1-4H3. The first-order valence-electron chi connectivity index (χ1n) is 12.1. The van der Waals surface area contributed by atoms with Gasteiger partial charge < -0.3 is 14.5 Å². The number of anilines is 1. The van der Waals surface area contributed by atoms with Crippen LogP contribution in [0.15, 0.2) is 24.3 Å². The number of Topliss-reactive ketones (excluding diaryl/α,β-unsaturated/α-hetero) is 1. The molecule has 174 valence electrons. The fourth-order valence-electron chi connectivity index (χ4n) is 5.02. The Bertz CT molecular complexity index is 1110. The minimum atomic E-state index is -0.157. The molecule has 0 radical (unpaired) electrons. The Morgan fingerprint density at radius 3 is 2.55 bits per heavy atom. The summed E-state index contributed by atoms with van der Waals surface area (Å²) < 4.78 is 5.87. The maximum atomic E-state index is 13.5. The van der Waals surface area contributed by atoms with Crippen molar-refractivity contribution in [2.75, 3.05) is 31.6 Å².